The summed E-state index contributed by atoms with van der Waals surface area (Å²) in [5.74, 6) is 1.56. The predicted molar refractivity (Wildman–Crippen MR) is 103 cm³/mol. The Morgan fingerprint density at radius 3 is 2.85 bits per heavy atom. The zero-order chi connectivity index (χ0) is 18.5. The van der Waals surface area contributed by atoms with Crippen LogP contribution < -0.4 is 14.8 Å². The van der Waals surface area contributed by atoms with Crippen LogP contribution >= 0.6 is 0 Å². The van der Waals surface area contributed by atoms with Crippen LogP contribution in [0.25, 0.3) is 0 Å². The van der Waals surface area contributed by atoms with Crippen LogP contribution in [0.5, 0.6) is 11.5 Å². The van der Waals surface area contributed by atoms with Crippen LogP contribution in [0.4, 0.5) is 0 Å². The van der Waals surface area contributed by atoms with Gasteiger partial charge in [-0.05, 0) is 42.5 Å². The Labute approximate surface area is 160 Å². The minimum atomic E-state index is -0.545. The Morgan fingerprint density at radius 2 is 1.93 bits per heavy atom. The summed E-state index contributed by atoms with van der Waals surface area (Å²) in [5, 5.41) is 13.5. The monoisotopic (exact) mass is 369 g/mol. The molecule has 0 radical (unpaired) electrons. The smallest absolute Gasteiger partial charge is 0.161 e. The van der Waals surface area contributed by atoms with Gasteiger partial charge in [-0.2, -0.15) is 0 Å². The summed E-state index contributed by atoms with van der Waals surface area (Å²) in [6, 6.07) is 16.1. The molecule has 0 spiro atoms. The third-order valence-corrected chi connectivity index (χ3v) is 5.12. The van der Waals surface area contributed by atoms with Crippen molar-refractivity contribution in [3.8, 4) is 11.5 Å². The average Bonchev–Trinajstić information content (AvgIpc) is 2.72. The van der Waals surface area contributed by atoms with Gasteiger partial charge in [-0.15, -0.1) is 0 Å². The number of nitrogens with one attached hydrogen (secondary N) is 1. The van der Waals surface area contributed by atoms with Crippen LogP contribution in [0.15, 0.2) is 48.5 Å². The van der Waals surface area contributed by atoms with E-state index in [0.717, 1.165) is 30.8 Å². The summed E-state index contributed by atoms with van der Waals surface area (Å²) >= 11 is 0. The number of hydrogen-bond acceptors (Lipinski definition) is 5. The van der Waals surface area contributed by atoms with E-state index in [9.17, 15) is 5.11 Å². The van der Waals surface area contributed by atoms with E-state index in [1.165, 1.54) is 11.1 Å². The highest BCUT2D eigenvalue weighted by molar-refractivity contribution is 5.40. The zero-order valence-electron chi connectivity index (χ0n) is 15.5. The Morgan fingerprint density at radius 1 is 1.11 bits per heavy atom. The molecule has 5 heteroatoms. The molecule has 3 atom stereocenters. The molecule has 2 N–H and O–H groups in total. The van der Waals surface area contributed by atoms with E-state index < -0.39 is 6.10 Å². The molecular formula is C22H27NO4. The fourth-order valence-electron chi connectivity index (χ4n) is 3.74. The maximum Gasteiger partial charge on any atom is 0.161 e. The number of ether oxygens (including phenoxy) is 3. The van der Waals surface area contributed by atoms with Crippen LogP contribution in [-0.4, -0.2) is 43.6 Å². The lowest BCUT2D eigenvalue weighted by atomic mass is 9.89. The molecule has 0 saturated heterocycles. The van der Waals surface area contributed by atoms with Crippen LogP contribution in [-0.2, 0) is 11.2 Å². The molecule has 0 amide bonds. The van der Waals surface area contributed by atoms with Gasteiger partial charge in [0.1, 0.15) is 12.7 Å². The third kappa shape index (κ3) is 4.61. The van der Waals surface area contributed by atoms with Crippen molar-refractivity contribution in [1.29, 1.82) is 0 Å². The number of aryl methyl sites for hydroxylation is 1. The van der Waals surface area contributed by atoms with Crippen molar-refractivity contribution >= 4 is 0 Å². The van der Waals surface area contributed by atoms with Crippen molar-refractivity contribution in [2.75, 3.05) is 26.3 Å². The first-order valence-corrected chi connectivity index (χ1v) is 9.76. The lowest BCUT2D eigenvalue weighted by molar-refractivity contribution is -0.0177. The number of fused-ring (bicyclic) bond motifs is 2. The second-order valence-corrected chi connectivity index (χ2v) is 7.22. The third-order valence-electron chi connectivity index (χ3n) is 5.12. The molecule has 144 valence electrons. The number of hydrogen-bond donors (Lipinski definition) is 2. The molecule has 2 aromatic carbocycles. The molecule has 0 aromatic heterocycles. The summed E-state index contributed by atoms with van der Waals surface area (Å²) < 4.78 is 17.6. The molecule has 0 bridgehead atoms. The van der Waals surface area contributed by atoms with Gasteiger partial charge in [-0.3, -0.25) is 0 Å². The first-order chi connectivity index (χ1) is 13.3. The maximum atomic E-state index is 10.3. The van der Waals surface area contributed by atoms with E-state index >= 15 is 0 Å². The summed E-state index contributed by atoms with van der Waals surface area (Å²) in [6.07, 6.45) is 2.76. The van der Waals surface area contributed by atoms with E-state index in [2.05, 4.69) is 29.6 Å². The first kappa shape index (κ1) is 18.3. The van der Waals surface area contributed by atoms with Gasteiger partial charge in [0.05, 0.1) is 18.8 Å². The fraction of sp³-hybridized carbons (Fsp3) is 0.455. The minimum absolute atomic E-state index is 0.0572. The molecule has 1 aliphatic carbocycles. The predicted octanol–water partition coefficient (Wildman–Crippen LogP) is 2.87. The Bertz CT molecular complexity index is 751. The van der Waals surface area contributed by atoms with E-state index in [0.29, 0.717) is 26.3 Å². The molecule has 27 heavy (non-hydrogen) atoms. The van der Waals surface area contributed by atoms with Crippen LogP contribution in [0, 0.1) is 0 Å². The molecule has 1 aliphatic heterocycles. The molecule has 2 aromatic rings. The summed E-state index contributed by atoms with van der Waals surface area (Å²) in [4.78, 5) is 0. The highest BCUT2D eigenvalue weighted by Gasteiger charge is 2.22. The van der Waals surface area contributed by atoms with Gasteiger partial charge >= 0.3 is 0 Å². The fourth-order valence-corrected chi connectivity index (χ4v) is 3.74. The maximum absolute atomic E-state index is 10.3. The largest absolute Gasteiger partial charge is 0.486 e. The second kappa shape index (κ2) is 8.74. The normalized spacial score (nSPS) is 22.1. The van der Waals surface area contributed by atoms with Crippen LogP contribution in [0.2, 0.25) is 0 Å². The van der Waals surface area contributed by atoms with Gasteiger partial charge in [-0.1, -0.05) is 36.4 Å². The Hall–Kier alpha value is -2.08. The van der Waals surface area contributed by atoms with Crippen LogP contribution in [0.3, 0.4) is 0 Å². The number of aliphatic hydroxyl groups excluding tert-OH is 1. The van der Waals surface area contributed by atoms with Crippen molar-refractivity contribution in [2.24, 2.45) is 0 Å². The van der Waals surface area contributed by atoms with E-state index in [-0.39, 0.29) is 12.2 Å². The molecule has 0 unspecified atom stereocenters. The molecule has 5 nitrogen and oxygen atoms in total. The van der Waals surface area contributed by atoms with Crippen LogP contribution in [0.1, 0.15) is 30.1 Å². The van der Waals surface area contributed by atoms with Crippen molar-refractivity contribution in [3.63, 3.8) is 0 Å². The molecule has 4 rings (SSSR count). The number of para-hydroxylation sites is 2. The topological polar surface area (TPSA) is 60.0 Å². The average molecular weight is 369 g/mol. The van der Waals surface area contributed by atoms with Gasteiger partial charge in [0, 0.05) is 13.1 Å². The lowest BCUT2D eigenvalue weighted by Crippen LogP contribution is -2.41. The van der Waals surface area contributed by atoms with Crippen molar-refractivity contribution in [2.45, 2.75) is 37.6 Å². The molecule has 0 saturated carbocycles. The van der Waals surface area contributed by atoms with Gasteiger partial charge < -0.3 is 24.6 Å². The Kier molecular flexibility index (Phi) is 5.92. The van der Waals surface area contributed by atoms with E-state index in [1.807, 2.05) is 24.3 Å². The minimum Gasteiger partial charge on any atom is -0.486 e. The quantitative estimate of drug-likeness (QED) is 0.786. The van der Waals surface area contributed by atoms with Gasteiger partial charge in [0.25, 0.3) is 0 Å². The highest BCUT2D eigenvalue weighted by Crippen LogP contribution is 2.32. The first-order valence-electron chi connectivity index (χ1n) is 9.76. The summed E-state index contributed by atoms with van der Waals surface area (Å²) in [6.45, 7) is 1.93. The van der Waals surface area contributed by atoms with E-state index in [1.54, 1.807) is 0 Å². The molecular weight excluding hydrogens is 342 g/mol. The van der Waals surface area contributed by atoms with Crippen molar-refractivity contribution < 1.29 is 19.3 Å². The second-order valence-electron chi connectivity index (χ2n) is 7.22. The number of benzene rings is 2. The molecule has 2 aliphatic rings. The lowest BCUT2D eigenvalue weighted by Gasteiger charge is -2.28. The zero-order valence-corrected chi connectivity index (χ0v) is 15.5. The van der Waals surface area contributed by atoms with Crippen molar-refractivity contribution in [3.05, 3.63) is 59.7 Å². The number of aliphatic hydroxyl groups is 1. The van der Waals surface area contributed by atoms with Crippen molar-refractivity contribution in [1.82, 2.24) is 5.32 Å². The SMILES string of the molecule is O[C@@H](CNC[C@@H]1COc2ccccc2O1)CO[C@@H]1CCCc2ccccc21. The molecule has 1 heterocycles. The van der Waals surface area contributed by atoms with Gasteiger partial charge in [0.15, 0.2) is 11.5 Å². The summed E-state index contributed by atoms with van der Waals surface area (Å²) in [5.41, 5.74) is 2.64. The standard InChI is InChI=1S/C22H27NO4/c24-17(14-25-20-11-5-7-16-6-1-2-8-19(16)20)12-23-13-18-15-26-21-9-3-4-10-22(21)27-18/h1-4,6,8-10,17-18,20,23-24H,5,7,11-15H2/t17-,18+,20+/m0/s1. The van der Waals surface area contributed by atoms with Gasteiger partial charge in [0.2, 0.25) is 0 Å². The van der Waals surface area contributed by atoms with Gasteiger partial charge in [-0.25, -0.2) is 0 Å². The number of rotatable bonds is 7. The highest BCUT2D eigenvalue weighted by atomic mass is 16.6. The van der Waals surface area contributed by atoms with E-state index in [4.69, 9.17) is 14.2 Å². The summed E-state index contributed by atoms with van der Waals surface area (Å²) in [7, 11) is 0. The Balaban J connectivity index is 1.18. The molecule has 0 fully saturated rings.